The predicted molar refractivity (Wildman–Crippen MR) is 124 cm³/mol. The maximum absolute atomic E-state index is 13.6. The van der Waals surface area contributed by atoms with Crippen molar-refractivity contribution in [3.63, 3.8) is 0 Å². The number of aliphatic hydroxyl groups excluding tert-OH is 1. The van der Waals surface area contributed by atoms with Crippen molar-refractivity contribution in [1.29, 1.82) is 0 Å². The summed E-state index contributed by atoms with van der Waals surface area (Å²) in [6, 6.07) is 7.35. The molecule has 0 saturated heterocycles. The first-order chi connectivity index (χ1) is 15.9. The summed E-state index contributed by atoms with van der Waals surface area (Å²) in [4.78, 5) is 18.1. The fourth-order valence-corrected chi connectivity index (χ4v) is 4.52. The van der Waals surface area contributed by atoms with E-state index in [0.717, 1.165) is 22.2 Å². The number of rotatable bonds is 6. The van der Waals surface area contributed by atoms with Gasteiger partial charge in [0.05, 0.1) is 48.7 Å². The number of nitrogens with zero attached hydrogens (tertiary/aromatic N) is 3. The molecule has 9 heteroatoms. The number of aromatic nitrogens is 4. The molecule has 0 aliphatic carbocycles. The highest BCUT2D eigenvalue weighted by Crippen LogP contribution is 2.34. The molecule has 1 aliphatic rings. The van der Waals surface area contributed by atoms with Crippen LogP contribution in [0.15, 0.2) is 42.9 Å². The molecule has 5 rings (SSSR count). The maximum Gasteiger partial charge on any atom is 0.218 e. The number of aliphatic hydroxyl groups is 1. The molecule has 0 bridgehead atoms. The van der Waals surface area contributed by atoms with E-state index in [-0.39, 0.29) is 11.7 Å². The molecular formula is C24H23ClN4O4. The van der Waals surface area contributed by atoms with Crippen molar-refractivity contribution in [3.8, 4) is 22.9 Å². The van der Waals surface area contributed by atoms with E-state index in [1.807, 2.05) is 22.8 Å². The molecule has 170 valence electrons. The van der Waals surface area contributed by atoms with Crippen molar-refractivity contribution in [2.24, 2.45) is 5.92 Å². The lowest BCUT2D eigenvalue weighted by Crippen LogP contribution is -2.28. The van der Waals surface area contributed by atoms with Gasteiger partial charge < -0.3 is 19.1 Å². The normalized spacial score (nSPS) is 16.3. The van der Waals surface area contributed by atoms with E-state index in [9.17, 15) is 9.90 Å². The number of methoxy groups -OCH3 is 1. The van der Waals surface area contributed by atoms with Gasteiger partial charge in [0, 0.05) is 34.9 Å². The van der Waals surface area contributed by atoms with Gasteiger partial charge in [0.25, 0.3) is 0 Å². The van der Waals surface area contributed by atoms with Crippen LogP contribution in [0.25, 0.3) is 22.2 Å². The number of fused-ring (bicyclic) bond motifs is 2. The summed E-state index contributed by atoms with van der Waals surface area (Å²) >= 11 is 6.14. The highest BCUT2D eigenvalue weighted by atomic mass is 35.5. The number of halogens is 1. The van der Waals surface area contributed by atoms with Crippen LogP contribution in [-0.2, 0) is 13.0 Å². The highest BCUT2D eigenvalue weighted by Gasteiger charge is 2.29. The first-order valence-corrected chi connectivity index (χ1v) is 11.0. The Bertz CT molecular complexity index is 1340. The maximum atomic E-state index is 13.6. The Labute approximate surface area is 195 Å². The van der Waals surface area contributed by atoms with Crippen molar-refractivity contribution in [2.75, 3.05) is 13.7 Å². The smallest absolute Gasteiger partial charge is 0.218 e. The fourth-order valence-electron chi connectivity index (χ4n) is 4.33. The van der Waals surface area contributed by atoms with Gasteiger partial charge in [0.2, 0.25) is 5.88 Å². The lowest BCUT2D eigenvalue weighted by Gasteiger charge is -2.24. The standard InChI is InChI=1S/C24H23ClN4O4/c1-13(30)10-29-11-19(23(31)15-5-14-6-16(25)3-4-22(14)33-12-15)17-8-26-20(7-21(17)29)18-9-27-28-24(18)32-2/h3-4,6-9,11,13,15,30H,5,10,12H2,1-2H3,(H,27,28)/t13-,15-/m0/s1. The molecule has 1 aliphatic heterocycles. The van der Waals surface area contributed by atoms with Crippen molar-refractivity contribution < 1.29 is 19.4 Å². The predicted octanol–water partition coefficient (Wildman–Crippen LogP) is 3.90. The Kier molecular flexibility index (Phi) is 5.55. The fraction of sp³-hybridized carbons (Fsp3) is 0.292. The van der Waals surface area contributed by atoms with E-state index in [0.29, 0.717) is 47.3 Å². The van der Waals surface area contributed by atoms with Crippen molar-refractivity contribution in [2.45, 2.75) is 26.0 Å². The Morgan fingerprint density at radius 2 is 2.24 bits per heavy atom. The molecule has 1 aromatic carbocycles. The van der Waals surface area contributed by atoms with Crippen LogP contribution in [0.5, 0.6) is 11.6 Å². The number of ether oxygens (including phenoxy) is 2. The minimum absolute atomic E-state index is 0.0228. The van der Waals surface area contributed by atoms with Gasteiger partial charge in [-0.25, -0.2) is 5.10 Å². The molecule has 0 spiro atoms. The second-order valence-corrected chi connectivity index (χ2v) is 8.71. The second-order valence-electron chi connectivity index (χ2n) is 8.28. The van der Waals surface area contributed by atoms with Gasteiger partial charge in [-0.05, 0) is 43.2 Å². The molecule has 2 N–H and O–H groups in total. The summed E-state index contributed by atoms with van der Waals surface area (Å²) in [6.07, 6.45) is 5.09. The van der Waals surface area contributed by atoms with Gasteiger partial charge >= 0.3 is 0 Å². The first-order valence-electron chi connectivity index (χ1n) is 10.6. The molecule has 8 nitrogen and oxygen atoms in total. The quantitative estimate of drug-likeness (QED) is 0.418. The number of pyridine rings is 1. The molecular weight excluding hydrogens is 444 g/mol. The number of Topliss-reactive ketones (excluding diaryl/α,β-unsaturated/α-hetero) is 1. The van der Waals surface area contributed by atoms with E-state index in [2.05, 4.69) is 15.2 Å². The number of hydrogen-bond acceptors (Lipinski definition) is 6. The monoisotopic (exact) mass is 466 g/mol. The SMILES string of the molecule is COc1[nH]ncc1-c1cc2c(cn1)c(C(=O)[C@@H]1COc3ccc(Cl)cc3C1)cn2C[C@H](C)O. The topological polar surface area (TPSA) is 102 Å². The molecule has 0 radical (unpaired) electrons. The van der Waals surface area contributed by atoms with E-state index >= 15 is 0 Å². The second kappa shape index (κ2) is 8.53. The minimum Gasteiger partial charge on any atom is -0.493 e. The number of H-pyrrole nitrogens is 1. The zero-order valence-corrected chi connectivity index (χ0v) is 19.0. The number of aromatic amines is 1. The van der Waals surface area contributed by atoms with Crippen LogP contribution in [0.3, 0.4) is 0 Å². The van der Waals surface area contributed by atoms with Crippen LogP contribution < -0.4 is 9.47 Å². The number of ketones is 1. The van der Waals surface area contributed by atoms with Gasteiger partial charge in [-0.1, -0.05) is 11.6 Å². The van der Waals surface area contributed by atoms with Gasteiger partial charge in [-0.3, -0.25) is 9.78 Å². The van der Waals surface area contributed by atoms with E-state index in [1.54, 1.807) is 38.7 Å². The zero-order chi connectivity index (χ0) is 23.1. The summed E-state index contributed by atoms with van der Waals surface area (Å²) in [6.45, 7) is 2.35. The number of carbonyl (C=O) groups excluding carboxylic acids is 1. The van der Waals surface area contributed by atoms with Crippen LogP contribution in [0.1, 0.15) is 22.8 Å². The third-order valence-electron chi connectivity index (χ3n) is 5.88. The largest absolute Gasteiger partial charge is 0.493 e. The van der Waals surface area contributed by atoms with E-state index in [4.69, 9.17) is 21.1 Å². The summed E-state index contributed by atoms with van der Waals surface area (Å²) in [5, 5.41) is 18.2. The average Bonchev–Trinajstić information content (AvgIpc) is 3.42. The summed E-state index contributed by atoms with van der Waals surface area (Å²) < 4.78 is 13.1. The Morgan fingerprint density at radius 1 is 1.39 bits per heavy atom. The molecule has 0 saturated carbocycles. The molecule has 33 heavy (non-hydrogen) atoms. The minimum atomic E-state index is -0.587. The van der Waals surface area contributed by atoms with Crippen molar-refractivity contribution >= 4 is 28.3 Å². The average molecular weight is 467 g/mol. The van der Waals surface area contributed by atoms with Gasteiger partial charge in [0.15, 0.2) is 5.78 Å². The number of carbonyl (C=O) groups is 1. The Balaban J connectivity index is 1.54. The third kappa shape index (κ3) is 3.96. The number of nitrogens with one attached hydrogen (secondary N) is 1. The van der Waals surface area contributed by atoms with Gasteiger partial charge in [-0.2, -0.15) is 5.10 Å². The third-order valence-corrected chi connectivity index (χ3v) is 6.11. The Morgan fingerprint density at radius 3 is 3.03 bits per heavy atom. The van der Waals surface area contributed by atoms with Crippen LogP contribution in [-0.4, -0.2) is 50.5 Å². The van der Waals surface area contributed by atoms with Crippen molar-refractivity contribution in [1.82, 2.24) is 19.7 Å². The van der Waals surface area contributed by atoms with Crippen LogP contribution >= 0.6 is 11.6 Å². The van der Waals surface area contributed by atoms with Gasteiger partial charge in [0.1, 0.15) is 5.75 Å². The molecule has 4 aromatic rings. The lowest BCUT2D eigenvalue weighted by molar-refractivity contribution is 0.0856. The van der Waals surface area contributed by atoms with Crippen molar-refractivity contribution in [3.05, 3.63) is 59.0 Å². The summed E-state index contributed by atoms with van der Waals surface area (Å²) in [5.74, 6) is 0.907. The number of benzene rings is 1. The highest BCUT2D eigenvalue weighted by molar-refractivity contribution is 6.30. The van der Waals surface area contributed by atoms with Crippen LogP contribution in [0.4, 0.5) is 0 Å². The van der Waals surface area contributed by atoms with E-state index < -0.39 is 6.10 Å². The van der Waals surface area contributed by atoms with Crippen LogP contribution in [0.2, 0.25) is 5.02 Å². The molecule has 4 heterocycles. The molecule has 2 atom stereocenters. The lowest BCUT2D eigenvalue weighted by atomic mass is 9.90. The summed E-state index contributed by atoms with van der Waals surface area (Å²) in [7, 11) is 1.56. The molecule has 0 fully saturated rings. The molecule has 3 aromatic heterocycles. The van der Waals surface area contributed by atoms with Gasteiger partial charge in [-0.15, -0.1) is 0 Å². The Hall–Kier alpha value is -3.36. The number of hydrogen-bond donors (Lipinski definition) is 2. The van der Waals surface area contributed by atoms with Crippen LogP contribution in [0, 0.1) is 5.92 Å². The van der Waals surface area contributed by atoms with E-state index in [1.165, 1.54) is 0 Å². The molecule has 0 unspecified atom stereocenters. The zero-order valence-electron chi connectivity index (χ0n) is 18.2. The summed E-state index contributed by atoms with van der Waals surface area (Å²) in [5.41, 5.74) is 3.65. The molecule has 0 amide bonds. The first kappa shape index (κ1) is 21.5.